The van der Waals surface area contributed by atoms with E-state index in [1.807, 2.05) is 12.1 Å². The van der Waals surface area contributed by atoms with Gasteiger partial charge in [-0.3, -0.25) is 0 Å². The number of fused-ring (bicyclic) bond motifs is 1. The van der Waals surface area contributed by atoms with Crippen molar-refractivity contribution in [2.75, 3.05) is 24.1 Å². The molecule has 0 aliphatic carbocycles. The molecule has 1 aromatic heterocycles. The summed E-state index contributed by atoms with van der Waals surface area (Å²) in [6, 6.07) is 8.78. The molecule has 1 aliphatic rings. The van der Waals surface area contributed by atoms with Gasteiger partial charge in [-0.05, 0) is 49.0 Å². The van der Waals surface area contributed by atoms with Crippen LogP contribution < -0.4 is 16.4 Å². The number of hydrogen-bond donors (Lipinski definition) is 3. The Kier molecular flexibility index (Phi) is 3.02. The van der Waals surface area contributed by atoms with E-state index in [0.29, 0.717) is 11.9 Å². The van der Waals surface area contributed by atoms with Crippen LogP contribution in [-0.4, -0.2) is 24.1 Å². The second kappa shape index (κ2) is 4.82. The van der Waals surface area contributed by atoms with Gasteiger partial charge in [0.25, 0.3) is 0 Å². The van der Waals surface area contributed by atoms with Crippen LogP contribution in [0, 0.1) is 0 Å². The van der Waals surface area contributed by atoms with Gasteiger partial charge < -0.3 is 16.4 Å². The lowest BCUT2D eigenvalue weighted by atomic mass is 10.1. The van der Waals surface area contributed by atoms with Gasteiger partial charge in [0.05, 0.1) is 0 Å². The molecule has 2 aromatic rings. The van der Waals surface area contributed by atoms with E-state index in [2.05, 4.69) is 27.8 Å². The molecule has 0 radical (unpaired) electrons. The molecular weight excluding hydrogens is 224 g/mol. The Morgan fingerprint density at radius 3 is 3.11 bits per heavy atom. The highest BCUT2D eigenvalue weighted by molar-refractivity contribution is 5.92. The molecule has 1 aromatic carbocycles. The molecule has 1 atom stereocenters. The average Bonchev–Trinajstić information content (AvgIpc) is 2.40. The summed E-state index contributed by atoms with van der Waals surface area (Å²) in [5.41, 5.74) is 7.00. The number of aromatic nitrogens is 1. The van der Waals surface area contributed by atoms with Gasteiger partial charge in [-0.15, -0.1) is 0 Å². The first-order valence-electron chi connectivity index (χ1n) is 6.44. The van der Waals surface area contributed by atoms with Crippen molar-refractivity contribution in [1.29, 1.82) is 0 Å². The van der Waals surface area contributed by atoms with Crippen molar-refractivity contribution in [1.82, 2.24) is 10.3 Å². The third-order valence-corrected chi connectivity index (χ3v) is 3.46. The Hall–Kier alpha value is -1.81. The van der Waals surface area contributed by atoms with Crippen LogP contribution in [0.4, 0.5) is 11.5 Å². The van der Waals surface area contributed by atoms with Crippen molar-refractivity contribution in [3.8, 4) is 0 Å². The minimum atomic E-state index is 0.524. The lowest BCUT2D eigenvalue weighted by molar-refractivity contribution is 0.480. The topological polar surface area (TPSA) is 63.0 Å². The third-order valence-electron chi connectivity index (χ3n) is 3.46. The molecule has 0 amide bonds. The van der Waals surface area contributed by atoms with Gasteiger partial charge in [-0.1, -0.05) is 0 Å². The molecule has 0 saturated carbocycles. The van der Waals surface area contributed by atoms with Crippen molar-refractivity contribution in [3.05, 3.63) is 30.5 Å². The molecule has 4 heteroatoms. The molecule has 0 bridgehead atoms. The number of nitrogens with one attached hydrogen (secondary N) is 2. The molecule has 0 spiro atoms. The van der Waals surface area contributed by atoms with E-state index in [-0.39, 0.29) is 0 Å². The van der Waals surface area contributed by atoms with Crippen LogP contribution in [0.25, 0.3) is 10.8 Å². The van der Waals surface area contributed by atoms with Crippen molar-refractivity contribution < 1.29 is 0 Å². The molecule has 3 rings (SSSR count). The monoisotopic (exact) mass is 242 g/mol. The summed E-state index contributed by atoms with van der Waals surface area (Å²) in [4.78, 5) is 4.10. The fourth-order valence-electron chi connectivity index (χ4n) is 2.50. The van der Waals surface area contributed by atoms with Crippen LogP contribution in [0.3, 0.4) is 0 Å². The highest BCUT2D eigenvalue weighted by Crippen LogP contribution is 2.23. The normalized spacial score (nSPS) is 19.9. The smallest absolute Gasteiger partial charge is 0.131 e. The number of anilines is 2. The Bertz CT molecular complexity index is 546. The quantitative estimate of drug-likeness (QED) is 0.753. The molecule has 4 N–H and O–H groups in total. The van der Waals surface area contributed by atoms with E-state index in [1.54, 1.807) is 6.20 Å². The molecule has 94 valence electrons. The van der Waals surface area contributed by atoms with Gasteiger partial charge in [0.2, 0.25) is 0 Å². The van der Waals surface area contributed by atoms with E-state index in [9.17, 15) is 0 Å². The van der Waals surface area contributed by atoms with Crippen LogP contribution in [0.5, 0.6) is 0 Å². The third kappa shape index (κ3) is 2.24. The molecule has 18 heavy (non-hydrogen) atoms. The predicted octanol–water partition coefficient (Wildman–Crippen LogP) is 1.98. The summed E-state index contributed by atoms with van der Waals surface area (Å²) < 4.78 is 0. The first-order valence-corrected chi connectivity index (χ1v) is 6.44. The number of nitrogens with zero attached hydrogens (tertiary/aromatic N) is 1. The summed E-state index contributed by atoms with van der Waals surface area (Å²) >= 11 is 0. The molecular formula is C14H18N4. The average molecular weight is 242 g/mol. The van der Waals surface area contributed by atoms with Gasteiger partial charge in [0, 0.05) is 29.9 Å². The number of benzene rings is 1. The summed E-state index contributed by atoms with van der Waals surface area (Å²) in [6.45, 7) is 2.18. The Balaban J connectivity index is 1.84. The zero-order chi connectivity index (χ0) is 12.4. The van der Waals surface area contributed by atoms with Crippen LogP contribution in [0.1, 0.15) is 12.8 Å². The van der Waals surface area contributed by atoms with Gasteiger partial charge >= 0.3 is 0 Å². The van der Waals surface area contributed by atoms with Gasteiger partial charge in [0.1, 0.15) is 5.82 Å². The Morgan fingerprint density at radius 2 is 2.28 bits per heavy atom. The molecule has 2 heterocycles. The van der Waals surface area contributed by atoms with Crippen molar-refractivity contribution in [2.24, 2.45) is 0 Å². The number of pyridine rings is 1. The number of nitrogen functional groups attached to an aromatic ring is 1. The highest BCUT2D eigenvalue weighted by Gasteiger charge is 2.12. The van der Waals surface area contributed by atoms with Gasteiger partial charge in [0.15, 0.2) is 0 Å². The van der Waals surface area contributed by atoms with Crippen molar-refractivity contribution >= 4 is 22.3 Å². The molecule has 1 saturated heterocycles. The standard InChI is InChI=1S/C14H18N4/c15-14-13-4-3-11(8-10(13)5-7-17-14)18-12-2-1-6-16-9-12/h3-5,7-8,12,16,18H,1-2,6,9H2,(H2,15,17). The molecule has 4 nitrogen and oxygen atoms in total. The van der Waals surface area contributed by atoms with Gasteiger partial charge in [-0.2, -0.15) is 0 Å². The molecule has 1 aliphatic heterocycles. The van der Waals surface area contributed by atoms with Crippen LogP contribution in [0.2, 0.25) is 0 Å². The number of rotatable bonds is 2. The van der Waals surface area contributed by atoms with Crippen LogP contribution in [-0.2, 0) is 0 Å². The Labute approximate surface area is 107 Å². The summed E-state index contributed by atoms with van der Waals surface area (Å²) in [5, 5.41) is 9.13. The second-order valence-electron chi connectivity index (χ2n) is 4.82. The largest absolute Gasteiger partial charge is 0.383 e. The predicted molar refractivity (Wildman–Crippen MR) is 75.7 cm³/mol. The van der Waals surface area contributed by atoms with Crippen LogP contribution in [0.15, 0.2) is 30.5 Å². The second-order valence-corrected chi connectivity index (χ2v) is 4.82. The minimum Gasteiger partial charge on any atom is -0.383 e. The first kappa shape index (κ1) is 11.3. The Morgan fingerprint density at radius 1 is 1.33 bits per heavy atom. The van der Waals surface area contributed by atoms with E-state index < -0.39 is 0 Å². The van der Waals surface area contributed by atoms with Crippen molar-refractivity contribution in [2.45, 2.75) is 18.9 Å². The SMILES string of the molecule is Nc1nccc2cc(NC3CCCNC3)ccc12. The number of nitrogens with two attached hydrogens (primary N) is 1. The maximum Gasteiger partial charge on any atom is 0.131 e. The summed E-state index contributed by atoms with van der Waals surface area (Å²) in [6.07, 6.45) is 4.22. The fraction of sp³-hybridized carbons (Fsp3) is 0.357. The maximum absolute atomic E-state index is 5.85. The maximum atomic E-state index is 5.85. The van der Waals surface area contributed by atoms with E-state index in [1.165, 1.54) is 12.8 Å². The highest BCUT2D eigenvalue weighted by atomic mass is 15.0. The minimum absolute atomic E-state index is 0.524. The summed E-state index contributed by atoms with van der Waals surface area (Å²) in [5.74, 6) is 0.596. The lowest BCUT2D eigenvalue weighted by Crippen LogP contribution is -2.38. The number of piperidine rings is 1. The first-order chi connectivity index (χ1) is 8.83. The van der Waals surface area contributed by atoms with Crippen molar-refractivity contribution in [3.63, 3.8) is 0 Å². The van der Waals surface area contributed by atoms with E-state index in [4.69, 9.17) is 5.73 Å². The van der Waals surface area contributed by atoms with E-state index in [0.717, 1.165) is 29.5 Å². The van der Waals surface area contributed by atoms with Crippen LogP contribution >= 0.6 is 0 Å². The zero-order valence-electron chi connectivity index (χ0n) is 10.3. The zero-order valence-corrected chi connectivity index (χ0v) is 10.3. The fourth-order valence-corrected chi connectivity index (χ4v) is 2.50. The molecule has 1 unspecified atom stereocenters. The van der Waals surface area contributed by atoms with Gasteiger partial charge in [-0.25, -0.2) is 4.98 Å². The van der Waals surface area contributed by atoms with E-state index >= 15 is 0 Å². The number of hydrogen-bond acceptors (Lipinski definition) is 4. The summed E-state index contributed by atoms with van der Waals surface area (Å²) in [7, 11) is 0. The molecule has 1 fully saturated rings. The lowest BCUT2D eigenvalue weighted by Gasteiger charge is -2.25.